The molecular weight excluding hydrogens is 332 g/mol. The van der Waals surface area contributed by atoms with E-state index in [1.165, 1.54) is 0 Å². The Kier molecular flexibility index (Phi) is 3.57. The van der Waals surface area contributed by atoms with Gasteiger partial charge in [-0.2, -0.15) is 4.98 Å². The van der Waals surface area contributed by atoms with Crippen LogP contribution in [0.1, 0.15) is 40.4 Å². The fraction of sp³-hybridized carbons (Fsp3) is 0.235. The summed E-state index contributed by atoms with van der Waals surface area (Å²) < 4.78 is 0. The van der Waals surface area contributed by atoms with Crippen LogP contribution in [0.5, 0.6) is 0 Å². The quantitative estimate of drug-likeness (QED) is 0.635. The smallest absolute Gasteiger partial charge is 0.292 e. The third-order valence-corrected chi connectivity index (χ3v) is 4.51. The van der Waals surface area contributed by atoms with Gasteiger partial charge in [0.05, 0.1) is 24.0 Å². The van der Waals surface area contributed by atoms with Crippen molar-refractivity contribution in [3.63, 3.8) is 0 Å². The Morgan fingerprint density at radius 3 is 2.73 bits per heavy atom. The summed E-state index contributed by atoms with van der Waals surface area (Å²) in [4.78, 5) is 27.2. The van der Waals surface area contributed by atoms with Crippen molar-refractivity contribution in [2.45, 2.75) is 26.4 Å². The Bertz CT molecular complexity index is 1010. The van der Waals surface area contributed by atoms with E-state index >= 15 is 0 Å². The zero-order valence-electron chi connectivity index (χ0n) is 14.4. The van der Waals surface area contributed by atoms with Crippen LogP contribution in [0.25, 0.3) is 11.3 Å². The van der Waals surface area contributed by atoms with Gasteiger partial charge in [0.1, 0.15) is 0 Å². The van der Waals surface area contributed by atoms with Gasteiger partial charge in [0.2, 0.25) is 17.7 Å². The molecule has 132 valence electrons. The van der Waals surface area contributed by atoms with E-state index in [0.717, 1.165) is 28.1 Å². The number of benzene rings is 1. The number of nitrogens with zero attached hydrogens (tertiary/aromatic N) is 5. The molecule has 3 aromatic rings. The Morgan fingerprint density at radius 1 is 1.23 bits per heavy atom. The van der Waals surface area contributed by atoms with E-state index in [1.54, 1.807) is 4.90 Å². The van der Waals surface area contributed by atoms with Gasteiger partial charge >= 0.3 is 0 Å². The monoisotopic (exact) mass is 350 g/mol. The van der Waals surface area contributed by atoms with E-state index in [0.29, 0.717) is 6.54 Å². The van der Waals surface area contributed by atoms with Crippen LogP contribution >= 0.6 is 0 Å². The van der Waals surface area contributed by atoms with Crippen LogP contribution in [0.4, 0.5) is 11.9 Å². The standard InChI is InChI=1S/C17H18N8O/c1-8-4-3-5-10(6-8)13-11-7-25(9(2)12(11)20-16(18)21-13)15(26)14-22-17(19)24-23-14/h3-6,9H,7H2,1-2H3,(H2,18,20,21)(H3,19,22,23,24). The number of anilines is 2. The number of amides is 1. The van der Waals surface area contributed by atoms with Gasteiger partial charge in [-0.25, -0.2) is 9.97 Å². The van der Waals surface area contributed by atoms with Crippen LogP contribution in [0, 0.1) is 6.92 Å². The van der Waals surface area contributed by atoms with Gasteiger partial charge < -0.3 is 16.4 Å². The lowest BCUT2D eigenvalue weighted by Crippen LogP contribution is -2.29. The van der Waals surface area contributed by atoms with E-state index in [9.17, 15) is 4.79 Å². The maximum atomic E-state index is 12.8. The molecule has 26 heavy (non-hydrogen) atoms. The molecule has 1 atom stereocenters. The molecule has 5 N–H and O–H groups in total. The Hall–Kier alpha value is -3.49. The molecule has 9 heteroatoms. The lowest BCUT2D eigenvalue weighted by Gasteiger charge is -2.19. The second-order valence-electron chi connectivity index (χ2n) is 6.31. The van der Waals surface area contributed by atoms with Crippen LogP contribution in [0.3, 0.4) is 0 Å². The van der Waals surface area contributed by atoms with E-state index < -0.39 is 0 Å². The summed E-state index contributed by atoms with van der Waals surface area (Å²) in [7, 11) is 0. The van der Waals surface area contributed by atoms with Crippen molar-refractivity contribution in [3.8, 4) is 11.3 Å². The van der Waals surface area contributed by atoms with Crippen molar-refractivity contribution in [1.29, 1.82) is 0 Å². The minimum absolute atomic E-state index is 0.0298. The summed E-state index contributed by atoms with van der Waals surface area (Å²) in [5.41, 5.74) is 15.9. The maximum absolute atomic E-state index is 12.8. The number of nitrogen functional groups attached to an aromatic ring is 2. The molecule has 0 saturated heterocycles. The Labute approximate surface area is 149 Å². The van der Waals surface area contributed by atoms with Crippen LogP contribution in [0.15, 0.2) is 24.3 Å². The summed E-state index contributed by atoms with van der Waals surface area (Å²) in [5.74, 6) is 0.0150. The highest BCUT2D eigenvalue weighted by atomic mass is 16.2. The maximum Gasteiger partial charge on any atom is 0.292 e. The van der Waals surface area contributed by atoms with Crippen LogP contribution in [0.2, 0.25) is 0 Å². The molecule has 3 heterocycles. The third kappa shape index (κ3) is 2.53. The Morgan fingerprint density at radius 2 is 2.04 bits per heavy atom. The highest BCUT2D eigenvalue weighted by Crippen LogP contribution is 2.38. The van der Waals surface area contributed by atoms with Gasteiger partial charge in [-0.15, -0.1) is 5.10 Å². The molecule has 2 aromatic heterocycles. The van der Waals surface area contributed by atoms with Crippen molar-refractivity contribution in [3.05, 3.63) is 46.9 Å². The van der Waals surface area contributed by atoms with E-state index in [-0.39, 0.29) is 29.7 Å². The number of aromatic nitrogens is 5. The zero-order chi connectivity index (χ0) is 18.4. The zero-order valence-corrected chi connectivity index (χ0v) is 14.4. The first-order chi connectivity index (χ1) is 12.4. The fourth-order valence-electron chi connectivity index (χ4n) is 3.26. The van der Waals surface area contributed by atoms with Crippen molar-refractivity contribution in [1.82, 2.24) is 30.0 Å². The first kappa shape index (κ1) is 16.0. The number of hydrogen-bond donors (Lipinski definition) is 3. The minimum atomic E-state index is -0.298. The van der Waals surface area contributed by atoms with Crippen LogP contribution < -0.4 is 11.5 Å². The third-order valence-electron chi connectivity index (χ3n) is 4.51. The number of fused-ring (bicyclic) bond motifs is 1. The number of nitrogens with two attached hydrogens (primary N) is 2. The van der Waals surface area contributed by atoms with Crippen molar-refractivity contribution in [2.75, 3.05) is 11.5 Å². The van der Waals surface area contributed by atoms with Crippen LogP contribution in [-0.2, 0) is 6.54 Å². The van der Waals surface area contributed by atoms with Gasteiger partial charge in [0, 0.05) is 11.1 Å². The lowest BCUT2D eigenvalue weighted by atomic mass is 10.0. The molecule has 0 saturated carbocycles. The van der Waals surface area contributed by atoms with Gasteiger partial charge in [-0.1, -0.05) is 23.8 Å². The minimum Gasteiger partial charge on any atom is -0.368 e. The molecule has 4 rings (SSSR count). The summed E-state index contributed by atoms with van der Waals surface area (Å²) in [6.07, 6.45) is 0. The topological polar surface area (TPSA) is 140 Å². The normalized spacial score (nSPS) is 15.9. The molecule has 0 bridgehead atoms. The summed E-state index contributed by atoms with van der Waals surface area (Å²) in [6, 6.07) is 7.72. The predicted octanol–water partition coefficient (Wildman–Crippen LogP) is 1.45. The Balaban J connectivity index is 1.77. The number of carbonyl (C=O) groups excluding carboxylic acids is 1. The van der Waals surface area contributed by atoms with Crippen molar-refractivity contribution < 1.29 is 4.79 Å². The number of aryl methyl sites for hydroxylation is 1. The van der Waals surface area contributed by atoms with E-state index in [2.05, 4.69) is 25.1 Å². The highest BCUT2D eigenvalue weighted by molar-refractivity contribution is 5.91. The van der Waals surface area contributed by atoms with Gasteiger partial charge in [-0.3, -0.25) is 9.89 Å². The average Bonchev–Trinajstić information content (AvgIpc) is 3.18. The molecule has 1 amide bonds. The summed E-state index contributed by atoms with van der Waals surface area (Å²) >= 11 is 0. The molecule has 1 aromatic carbocycles. The summed E-state index contributed by atoms with van der Waals surface area (Å²) in [5, 5.41) is 6.27. The van der Waals surface area contributed by atoms with E-state index in [4.69, 9.17) is 11.5 Å². The van der Waals surface area contributed by atoms with E-state index in [1.807, 2.05) is 38.1 Å². The second-order valence-corrected chi connectivity index (χ2v) is 6.31. The predicted molar refractivity (Wildman–Crippen MR) is 95.7 cm³/mol. The largest absolute Gasteiger partial charge is 0.368 e. The van der Waals surface area contributed by atoms with Gasteiger partial charge in [-0.05, 0) is 19.9 Å². The molecule has 9 nitrogen and oxygen atoms in total. The number of aromatic amines is 1. The van der Waals surface area contributed by atoms with Crippen LogP contribution in [-0.4, -0.2) is 36.0 Å². The highest BCUT2D eigenvalue weighted by Gasteiger charge is 2.36. The SMILES string of the molecule is Cc1cccc(-c2nc(N)nc3c2CN(C(=O)c2nc(N)n[nH]2)C3C)c1. The molecule has 0 spiro atoms. The molecule has 0 fully saturated rings. The number of H-pyrrole nitrogens is 1. The molecule has 1 aliphatic heterocycles. The average molecular weight is 350 g/mol. The number of nitrogens with one attached hydrogen (secondary N) is 1. The molecular formula is C17H18N8O. The van der Waals surface area contributed by atoms with Gasteiger partial charge in [0.25, 0.3) is 5.91 Å². The number of rotatable bonds is 2. The fourth-order valence-corrected chi connectivity index (χ4v) is 3.26. The van der Waals surface area contributed by atoms with Crippen molar-refractivity contribution >= 4 is 17.8 Å². The molecule has 1 unspecified atom stereocenters. The number of carbonyl (C=O) groups is 1. The first-order valence-electron chi connectivity index (χ1n) is 8.16. The molecule has 1 aliphatic rings. The molecule has 0 aliphatic carbocycles. The lowest BCUT2D eigenvalue weighted by molar-refractivity contribution is 0.0691. The summed E-state index contributed by atoms with van der Waals surface area (Å²) in [6.45, 7) is 4.27. The van der Waals surface area contributed by atoms with Gasteiger partial charge in [0.15, 0.2) is 0 Å². The second kappa shape index (κ2) is 5.80. The van der Waals surface area contributed by atoms with Crippen molar-refractivity contribution in [2.24, 2.45) is 0 Å². The first-order valence-corrected chi connectivity index (χ1v) is 8.16. The number of hydrogen-bond acceptors (Lipinski definition) is 7. The molecule has 0 radical (unpaired) electrons.